The lowest BCUT2D eigenvalue weighted by molar-refractivity contribution is -0.141. The summed E-state index contributed by atoms with van der Waals surface area (Å²) in [5.41, 5.74) is 1.04. The van der Waals surface area contributed by atoms with E-state index in [0.717, 1.165) is 24.3 Å². The summed E-state index contributed by atoms with van der Waals surface area (Å²) in [6.45, 7) is 2.87. The standard InChI is InChI=1S/C19H25N3O3/c1-3-18(23)22(15-8-9-15)14-19(24)21(13-17-7-5-11-25-17)12-16-6-4-10-20(16)2/h4-7,10-11,15H,3,8-9,12-14H2,1-2H3. The zero-order chi connectivity index (χ0) is 17.8. The maximum atomic E-state index is 13.0. The van der Waals surface area contributed by atoms with Gasteiger partial charge in [0.05, 0.1) is 19.4 Å². The monoisotopic (exact) mass is 343 g/mol. The van der Waals surface area contributed by atoms with Crippen molar-refractivity contribution in [2.24, 2.45) is 7.05 Å². The number of furan rings is 1. The summed E-state index contributed by atoms with van der Waals surface area (Å²) >= 11 is 0. The van der Waals surface area contributed by atoms with Crippen LogP contribution < -0.4 is 0 Å². The molecule has 0 aliphatic heterocycles. The highest BCUT2D eigenvalue weighted by Gasteiger charge is 2.34. The summed E-state index contributed by atoms with van der Waals surface area (Å²) < 4.78 is 7.41. The Morgan fingerprint density at radius 1 is 1.20 bits per heavy atom. The van der Waals surface area contributed by atoms with Gasteiger partial charge in [-0.2, -0.15) is 0 Å². The van der Waals surface area contributed by atoms with E-state index in [4.69, 9.17) is 4.42 Å². The molecule has 6 heteroatoms. The van der Waals surface area contributed by atoms with Crippen LogP contribution in [0.25, 0.3) is 0 Å². The molecule has 0 saturated heterocycles. The summed E-state index contributed by atoms with van der Waals surface area (Å²) in [4.78, 5) is 28.6. The summed E-state index contributed by atoms with van der Waals surface area (Å²) in [7, 11) is 1.96. The van der Waals surface area contributed by atoms with Gasteiger partial charge in [0.25, 0.3) is 0 Å². The number of nitrogens with zero attached hydrogens (tertiary/aromatic N) is 3. The number of aromatic nitrogens is 1. The Morgan fingerprint density at radius 3 is 2.56 bits per heavy atom. The third-order valence-corrected chi connectivity index (χ3v) is 4.60. The molecule has 2 aromatic rings. The molecule has 0 spiro atoms. The highest BCUT2D eigenvalue weighted by atomic mass is 16.3. The Bertz CT molecular complexity index is 716. The van der Waals surface area contributed by atoms with Crippen LogP contribution in [0, 0.1) is 0 Å². The second-order valence-electron chi connectivity index (χ2n) is 6.55. The van der Waals surface area contributed by atoms with Gasteiger partial charge in [-0.1, -0.05) is 6.92 Å². The zero-order valence-electron chi connectivity index (χ0n) is 14.9. The average molecular weight is 343 g/mol. The minimum Gasteiger partial charge on any atom is -0.467 e. The maximum Gasteiger partial charge on any atom is 0.242 e. The molecule has 3 rings (SSSR count). The van der Waals surface area contributed by atoms with Crippen molar-refractivity contribution >= 4 is 11.8 Å². The molecule has 0 N–H and O–H groups in total. The van der Waals surface area contributed by atoms with Crippen molar-refractivity contribution < 1.29 is 14.0 Å². The van der Waals surface area contributed by atoms with Gasteiger partial charge in [-0.3, -0.25) is 9.59 Å². The zero-order valence-corrected chi connectivity index (χ0v) is 14.9. The Morgan fingerprint density at radius 2 is 2.00 bits per heavy atom. The van der Waals surface area contributed by atoms with Crippen LogP contribution in [0.15, 0.2) is 41.1 Å². The molecule has 2 amide bonds. The van der Waals surface area contributed by atoms with E-state index in [1.165, 1.54) is 0 Å². The van der Waals surface area contributed by atoms with Gasteiger partial charge >= 0.3 is 0 Å². The number of carbonyl (C=O) groups excluding carboxylic acids is 2. The van der Waals surface area contributed by atoms with Crippen molar-refractivity contribution in [3.8, 4) is 0 Å². The average Bonchev–Trinajstić information content (AvgIpc) is 3.17. The van der Waals surface area contributed by atoms with Crippen molar-refractivity contribution in [3.05, 3.63) is 48.2 Å². The van der Waals surface area contributed by atoms with Crippen molar-refractivity contribution in [2.75, 3.05) is 6.54 Å². The van der Waals surface area contributed by atoms with Gasteiger partial charge in [0.2, 0.25) is 11.8 Å². The molecule has 6 nitrogen and oxygen atoms in total. The van der Waals surface area contributed by atoms with Crippen LogP contribution in [0.4, 0.5) is 0 Å². The first-order valence-electron chi connectivity index (χ1n) is 8.78. The lowest BCUT2D eigenvalue weighted by Gasteiger charge is -2.27. The Kier molecular flexibility index (Phi) is 5.26. The van der Waals surface area contributed by atoms with Crippen LogP contribution in [0.2, 0.25) is 0 Å². The second-order valence-corrected chi connectivity index (χ2v) is 6.55. The molecule has 0 radical (unpaired) electrons. The molecule has 1 aliphatic rings. The van der Waals surface area contributed by atoms with E-state index >= 15 is 0 Å². The van der Waals surface area contributed by atoms with Crippen molar-refractivity contribution in [2.45, 2.75) is 45.3 Å². The van der Waals surface area contributed by atoms with Gasteiger partial charge in [-0.25, -0.2) is 0 Å². The largest absolute Gasteiger partial charge is 0.467 e. The smallest absolute Gasteiger partial charge is 0.242 e. The van der Waals surface area contributed by atoms with Gasteiger partial charge in [0, 0.05) is 31.4 Å². The lowest BCUT2D eigenvalue weighted by atomic mass is 10.3. The summed E-state index contributed by atoms with van der Waals surface area (Å²) in [5.74, 6) is 0.737. The van der Waals surface area contributed by atoms with Crippen LogP contribution >= 0.6 is 0 Å². The molecule has 0 atom stereocenters. The van der Waals surface area contributed by atoms with Crippen molar-refractivity contribution in [3.63, 3.8) is 0 Å². The first-order valence-corrected chi connectivity index (χ1v) is 8.78. The third-order valence-electron chi connectivity index (χ3n) is 4.60. The molecular weight excluding hydrogens is 318 g/mol. The van der Waals surface area contributed by atoms with E-state index in [1.807, 2.05) is 49.0 Å². The number of rotatable bonds is 8. The van der Waals surface area contributed by atoms with E-state index in [-0.39, 0.29) is 24.4 Å². The molecule has 0 aromatic carbocycles. The van der Waals surface area contributed by atoms with Crippen LogP contribution in [0.3, 0.4) is 0 Å². The van der Waals surface area contributed by atoms with Crippen LogP contribution in [0.5, 0.6) is 0 Å². The minimum absolute atomic E-state index is 0.0488. The number of aryl methyl sites for hydroxylation is 1. The predicted octanol–water partition coefficient (Wildman–Crippen LogP) is 2.55. The summed E-state index contributed by atoms with van der Waals surface area (Å²) in [6.07, 6.45) is 5.99. The summed E-state index contributed by atoms with van der Waals surface area (Å²) in [5, 5.41) is 0. The Balaban J connectivity index is 1.73. The SMILES string of the molecule is CCC(=O)N(CC(=O)N(Cc1ccco1)Cc1cccn1C)C1CC1. The first kappa shape index (κ1) is 17.3. The van der Waals surface area contributed by atoms with E-state index < -0.39 is 0 Å². The van der Waals surface area contributed by atoms with Crippen LogP contribution in [-0.4, -0.2) is 38.8 Å². The molecule has 1 fully saturated rings. The normalized spacial score (nSPS) is 13.7. The van der Waals surface area contributed by atoms with Crippen LogP contribution in [-0.2, 0) is 29.7 Å². The van der Waals surface area contributed by atoms with Gasteiger partial charge in [-0.15, -0.1) is 0 Å². The Labute approximate surface area is 148 Å². The van der Waals surface area contributed by atoms with E-state index in [1.54, 1.807) is 16.1 Å². The minimum atomic E-state index is -0.0497. The van der Waals surface area contributed by atoms with E-state index in [0.29, 0.717) is 19.5 Å². The van der Waals surface area contributed by atoms with Gasteiger partial charge in [-0.05, 0) is 37.1 Å². The van der Waals surface area contributed by atoms with Gasteiger partial charge < -0.3 is 18.8 Å². The number of hydrogen-bond acceptors (Lipinski definition) is 3. The van der Waals surface area contributed by atoms with Crippen molar-refractivity contribution in [1.82, 2.24) is 14.4 Å². The fourth-order valence-electron chi connectivity index (χ4n) is 2.94. The number of carbonyl (C=O) groups is 2. The van der Waals surface area contributed by atoms with Gasteiger partial charge in [0.1, 0.15) is 12.3 Å². The molecular formula is C19H25N3O3. The maximum absolute atomic E-state index is 13.0. The predicted molar refractivity (Wildman–Crippen MR) is 93.4 cm³/mol. The Hall–Kier alpha value is -2.50. The van der Waals surface area contributed by atoms with Crippen molar-refractivity contribution in [1.29, 1.82) is 0 Å². The van der Waals surface area contributed by atoms with E-state index in [2.05, 4.69) is 0 Å². The fraction of sp³-hybridized carbons (Fsp3) is 0.474. The molecule has 1 aliphatic carbocycles. The van der Waals surface area contributed by atoms with E-state index in [9.17, 15) is 9.59 Å². The number of amides is 2. The summed E-state index contributed by atoms with van der Waals surface area (Å²) in [6, 6.07) is 7.87. The molecule has 0 unspecified atom stereocenters. The molecule has 2 heterocycles. The molecule has 25 heavy (non-hydrogen) atoms. The van der Waals surface area contributed by atoms with Crippen LogP contribution in [0.1, 0.15) is 37.6 Å². The third kappa shape index (κ3) is 4.32. The number of hydrogen-bond donors (Lipinski definition) is 0. The molecule has 2 aromatic heterocycles. The molecule has 0 bridgehead atoms. The second kappa shape index (κ2) is 7.59. The highest BCUT2D eigenvalue weighted by molar-refractivity contribution is 5.85. The molecule has 1 saturated carbocycles. The topological polar surface area (TPSA) is 58.7 Å². The molecule has 134 valence electrons. The highest BCUT2D eigenvalue weighted by Crippen LogP contribution is 2.27. The fourth-order valence-corrected chi connectivity index (χ4v) is 2.94. The quantitative estimate of drug-likeness (QED) is 0.740. The first-order chi connectivity index (χ1) is 12.1. The van der Waals surface area contributed by atoms with Gasteiger partial charge in [0.15, 0.2) is 0 Å². The lowest BCUT2D eigenvalue weighted by Crippen LogP contribution is -2.43.